The molecule has 0 aliphatic carbocycles. The van der Waals surface area contributed by atoms with Gasteiger partial charge < -0.3 is 19.9 Å². The zero-order valence-corrected chi connectivity index (χ0v) is 10.7. The number of likely N-dealkylation sites (N-methyl/N-ethyl adjacent to an activating group) is 1. The van der Waals surface area contributed by atoms with Crippen LogP contribution >= 0.6 is 0 Å². The first-order valence-corrected chi connectivity index (χ1v) is 6.30. The molecule has 17 heavy (non-hydrogen) atoms. The second kappa shape index (κ2) is 6.14. The Hall–Kier alpha value is -0.910. The molecule has 5 heteroatoms. The highest BCUT2D eigenvalue weighted by Crippen LogP contribution is 2.12. The number of ether oxygens (including phenoxy) is 1. The molecule has 1 aliphatic heterocycles. The van der Waals surface area contributed by atoms with E-state index in [4.69, 9.17) is 4.74 Å². The first kappa shape index (κ1) is 12.5. The smallest absolute Gasteiger partial charge is 0.0925 e. The van der Waals surface area contributed by atoms with Crippen molar-refractivity contribution in [2.45, 2.75) is 25.9 Å². The van der Waals surface area contributed by atoms with Gasteiger partial charge >= 0.3 is 0 Å². The molecule has 1 aromatic heterocycles. The van der Waals surface area contributed by atoms with Gasteiger partial charge in [0.05, 0.1) is 24.3 Å². The molecule has 1 aliphatic rings. The van der Waals surface area contributed by atoms with Gasteiger partial charge in [0, 0.05) is 38.7 Å². The summed E-state index contributed by atoms with van der Waals surface area (Å²) < 4.78 is 5.36. The summed E-state index contributed by atoms with van der Waals surface area (Å²) >= 11 is 0. The van der Waals surface area contributed by atoms with Crippen LogP contribution in [0.15, 0.2) is 6.33 Å². The minimum Gasteiger partial charge on any atom is -0.380 e. The molecule has 0 fully saturated rings. The van der Waals surface area contributed by atoms with Crippen LogP contribution in [0.1, 0.15) is 18.3 Å². The summed E-state index contributed by atoms with van der Waals surface area (Å²) in [7, 11) is 2.14. The summed E-state index contributed by atoms with van der Waals surface area (Å²) in [5.74, 6) is 0. The number of hydrogen-bond acceptors (Lipinski definition) is 4. The van der Waals surface area contributed by atoms with E-state index in [1.807, 2.05) is 6.92 Å². The number of nitrogens with zero attached hydrogens (tertiary/aromatic N) is 2. The van der Waals surface area contributed by atoms with Crippen molar-refractivity contribution in [3.8, 4) is 0 Å². The number of fused-ring (bicyclic) bond motifs is 1. The molecule has 0 saturated heterocycles. The number of hydrogen-bond donors (Lipinski definition) is 2. The quantitative estimate of drug-likeness (QED) is 0.704. The van der Waals surface area contributed by atoms with E-state index in [9.17, 15) is 0 Å². The van der Waals surface area contributed by atoms with Crippen molar-refractivity contribution >= 4 is 0 Å². The third-order valence-corrected chi connectivity index (χ3v) is 3.17. The van der Waals surface area contributed by atoms with Crippen LogP contribution in [0.3, 0.4) is 0 Å². The van der Waals surface area contributed by atoms with Crippen LogP contribution in [0.2, 0.25) is 0 Å². The van der Waals surface area contributed by atoms with E-state index in [0.29, 0.717) is 6.04 Å². The molecule has 2 N–H and O–H groups in total. The van der Waals surface area contributed by atoms with Gasteiger partial charge in [0.15, 0.2) is 0 Å². The van der Waals surface area contributed by atoms with Gasteiger partial charge in [-0.1, -0.05) is 0 Å². The van der Waals surface area contributed by atoms with Gasteiger partial charge in [-0.05, 0) is 14.0 Å². The molecule has 96 valence electrons. The van der Waals surface area contributed by atoms with Crippen LogP contribution in [0.4, 0.5) is 0 Å². The number of imidazole rings is 1. The number of H-pyrrole nitrogens is 1. The topological polar surface area (TPSA) is 53.2 Å². The summed E-state index contributed by atoms with van der Waals surface area (Å²) in [6.45, 7) is 6.57. The fraction of sp³-hybridized carbons (Fsp3) is 0.750. The summed E-state index contributed by atoms with van der Waals surface area (Å²) in [5, 5.41) is 3.53. The van der Waals surface area contributed by atoms with Crippen LogP contribution < -0.4 is 5.32 Å². The van der Waals surface area contributed by atoms with E-state index in [2.05, 4.69) is 27.2 Å². The van der Waals surface area contributed by atoms with E-state index in [1.165, 1.54) is 11.4 Å². The number of rotatable bonds is 6. The average Bonchev–Trinajstić information content (AvgIpc) is 2.76. The largest absolute Gasteiger partial charge is 0.380 e. The van der Waals surface area contributed by atoms with Gasteiger partial charge in [0.2, 0.25) is 0 Å². The second-order valence-corrected chi connectivity index (χ2v) is 4.57. The monoisotopic (exact) mass is 238 g/mol. The maximum absolute atomic E-state index is 5.36. The maximum Gasteiger partial charge on any atom is 0.0925 e. The Morgan fingerprint density at radius 2 is 2.47 bits per heavy atom. The van der Waals surface area contributed by atoms with E-state index >= 15 is 0 Å². The first-order valence-electron chi connectivity index (χ1n) is 6.30. The normalized spacial score (nSPS) is 19.6. The van der Waals surface area contributed by atoms with E-state index in [-0.39, 0.29) is 0 Å². The highest BCUT2D eigenvalue weighted by atomic mass is 16.5. The molecular formula is C12H22N4O. The Morgan fingerprint density at radius 1 is 1.59 bits per heavy atom. The third-order valence-electron chi connectivity index (χ3n) is 3.17. The number of aromatic nitrogens is 2. The Bertz CT molecular complexity index is 339. The predicted octanol–water partition coefficient (Wildman–Crippen LogP) is 0.392. The molecule has 0 spiro atoms. The van der Waals surface area contributed by atoms with Gasteiger partial charge in [-0.15, -0.1) is 0 Å². The van der Waals surface area contributed by atoms with Crippen LogP contribution in [-0.2, 0) is 17.7 Å². The fourth-order valence-electron chi connectivity index (χ4n) is 2.19. The molecule has 0 radical (unpaired) electrons. The second-order valence-electron chi connectivity index (χ2n) is 4.57. The Labute approximate surface area is 103 Å². The lowest BCUT2D eigenvalue weighted by atomic mass is 10.1. The van der Waals surface area contributed by atoms with E-state index in [1.54, 1.807) is 6.33 Å². The van der Waals surface area contributed by atoms with Crippen molar-refractivity contribution in [3.63, 3.8) is 0 Å². The Morgan fingerprint density at radius 3 is 3.29 bits per heavy atom. The van der Waals surface area contributed by atoms with Gasteiger partial charge in [-0.2, -0.15) is 0 Å². The fourth-order valence-corrected chi connectivity index (χ4v) is 2.19. The van der Waals surface area contributed by atoms with Gasteiger partial charge in [-0.3, -0.25) is 0 Å². The average molecular weight is 238 g/mol. The molecular weight excluding hydrogens is 216 g/mol. The molecule has 0 aromatic carbocycles. The highest BCUT2D eigenvalue weighted by Gasteiger charge is 2.20. The van der Waals surface area contributed by atoms with Crippen molar-refractivity contribution in [1.82, 2.24) is 20.2 Å². The molecule has 5 nitrogen and oxygen atoms in total. The predicted molar refractivity (Wildman–Crippen MR) is 66.9 cm³/mol. The molecule has 2 rings (SSSR count). The third kappa shape index (κ3) is 3.52. The van der Waals surface area contributed by atoms with Crippen LogP contribution in [0.5, 0.6) is 0 Å². The van der Waals surface area contributed by atoms with Crippen molar-refractivity contribution in [2.75, 3.05) is 33.4 Å². The minimum atomic E-state index is 0.498. The molecule has 0 bridgehead atoms. The van der Waals surface area contributed by atoms with Gasteiger partial charge in [0.1, 0.15) is 0 Å². The van der Waals surface area contributed by atoms with Gasteiger partial charge in [0.25, 0.3) is 0 Å². The lowest BCUT2D eigenvalue weighted by Gasteiger charge is -2.27. The molecule has 1 unspecified atom stereocenters. The summed E-state index contributed by atoms with van der Waals surface area (Å²) in [5.41, 5.74) is 2.45. The maximum atomic E-state index is 5.36. The van der Waals surface area contributed by atoms with Crippen molar-refractivity contribution in [2.24, 2.45) is 0 Å². The van der Waals surface area contributed by atoms with Gasteiger partial charge in [-0.25, -0.2) is 4.98 Å². The summed E-state index contributed by atoms with van der Waals surface area (Å²) in [4.78, 5) is 9.83. The van der Waals surface area contributed by atoms with E-state index < -0.39 is 0 Å². The van der Waals surface area contributed by atoms with Crippen LogP contribution in [-0.4, -0.2) is 54.3 Å². The van der Waals surface area contributed by atoms with Crippen molar-refractivity contribution < 1.29 is 4.74 Å². The van der Waals surface area contributed by atoms with Crippen LogP contribution in [0.25, 0.3) is 0 Å². The zero-order valence-electron chi connectivity index (χ0n) is 10.7. The SMILES string of the molecule is CCOCCN(C)CC1Cc2nc[nH]c2CN1. The lowest BCUT2D eigenvalue weighted by molar-refractivity contribution is 0.118. The lowest BCUT2D eigenvalue weighted by Crippen LogP contribution is -2.44. The molecule has 0 saturated carbocycles. The zero-order chi connectivity index (χ0) is 12.1. The van der Waals surface area contributed by atoms with Crippen LogP contribution in [0, 0.1) is 0 Å². The molecule has 1 atom stereocenters. The summed E-state index contributed by atoms with van der Waals surface area (Å²) in [6, 6.07) is 0.498. The molecule has 0 amide bonds. The first-order chi connectivity index (χ1) is 8.29. The number of aromatic amines is 1. The van der Waals surface area contributed by atoms with Crippen molar-refractivity contribution in [1.29, 1.82) is 0 Å². The van der Waals surface area contributed by atoms with E-state index in [0.717, 1.165) is 39.3 Å². The Kier molecular flexibility index (Phi) is 4.53. The number of nitrogens with one attached hydrogen (secondary N) is 2. The minimum absolute atomic E-state index is 0.498. The standard InChI is InChI=1S/C12H22N4O/c1-3-17-5-4-16(2)8-10-6-11-12(7-13-10)15-9-14-11/h9-10,13H,3-8H2,1-2H3,(H,14,15). The molecule has 1 aromatic rings. The van der Waals surface area contributed by atoms with Crippen molar-refractivity contribution in [3.05, 3.63) is 17.7 Å². The molecule has 2 heterocycles. The summed E-state index contributed by atoms with van der Waals surface area (Å²) in [6.07, 6.45) is 2.80. The highest BCUT2D eigenvalue weighted by molar-refractivity contribution is 5.15. The Balaban J connectivity index is 1.74.